The van der Waals surface area contributed by atoms with E-state index in [0.29, 0.717) is 0 Å². The van der Waals surface area contributed by atoms with Crippen LogP contribution in [0, 0.1) is 0 Å². The van der Waals surface area contributed by atoms with Gasteiger partial charge >= 0.3 is 0 Å². The van der Waals surface area contributed by atoms with E-state index < -0.39 is 0 Å². The van der Waals surface area contributed by atoms with E-state index in [1.807, 2.05) is 6.21 Å². The summed E-state index contributed by atoms with van der Waals surface area (Å²) in [5.74, 6) is 0. The summed E-state index contributed by atoms with van der Waals surface area (Å²) in [6.07, 6.45) is 7.24. The third-order valence-electron chi connectivity index (χ3n) is 2.98. The first-order chi connectivity index (χ1) is 8.40. The van der Waals surface area contributed by atoms with Crippen molar-refractivity contribution in [3.63, 3.8) is 0 Å². The monoisotopic (exact) mass is 229 g/mol. The Balaban J connectivity index is 1.97. The molecule has 2 rings (SSSR count). The summed E-state index contributed by atoms with van der Waals surface area (Å²) < 4.78 is 0. The molecule has 0 spiro atoms. The molecule has 90 valence electrons. The Labute approximate surface area is 102 Å². The number of benzene rings is 1. The third kappa shape index (κ3) is 3.49. The smallest absolute Gasteiger partial charge is 0.0706 e. The molecule has 2 N–H and O–H groups in total. The molecule has 0 radical (unpaired) electrons. The second-order valence-corrected chi connectivity index (χ2v) is 4.33. The van der Waals surface area contributed by atoms with Crippen molar-refractivity contribution in [3.05, 3.63) is 35.4 Å². The number of hydrogen-bond acceptors (Lipinski definition) is 3. The molecule has 0 aromatic heterocycles. The van der Waals surface area contributed by atoms with E-state index in [0.717, 1.165) is 37.9 Å². The van der Waals surface area contributed by atoms with Gasteiger partial charge in [0.15, 0.2) is 0 Å². The third-order valence-corrected chi connectivity index (χ3v) is 2.98. The lowest BCUT2D eigenvalue weighted by Gasteiger charge is -2.07. The molecule has 0 aliphatic carbocycles. The maximum absolute atomic E-state index is 5.49. The highest BCUT2D eigenvalue weighted by molar-refractivity contribution is 6.02. The minimum Gasteiger partial charge on any atom is -0.330 e. The van der Waals surface area contributed by atoms with Gasteiger partial charge in [-0.3, -0.25) is 0 Å². The average molecular weight is 229 g/mol. The fourth-order valence-corrected chi connectivity index (χ4v) is 1.96. The number of unbranched alkanes of at least 4 members (excludes halogenated alkanes) is 1. The molecule has 0 fully saturated rings. The number of aryl methyl sites for hydroxylation is 1. The Morgan fingerprint density at radius 3 is 2.59 bits per heavy atom. The van der Waals surface area contributed by atoms with E-state index in [2.05, 4.69) is 34.5 Å². The van der Waals surface area contributed by atoms with Gasteiger partial charge in [0.25, 0.3) is 0 Å². The van der Waals surface area contributed by atoms with Crippen molar-refractivity contribution in [1.82, 2.24) is 0 Å². The molecule has 1 heterocycles. The molecule has 0 saturated heterocycles. The molecule has 1 aliphatic heterocycles. The van der Waals surface area contributed by atoms with Crippen molar-refractivity contribution in [2.24, 2.45) is 15.9 Å². The van der Waals surface area contributed by atoms with Crippen molar-refractivity contribution in [1.29, 1.82) is 0 Å². The molecule has 1 aliphatic rings. The number of nitrogens with two attached hydrogens (primary N) is 1. The molecular weight excluding hydrogens is 210 g/mol. The fourth-order valence-electron chi connectivity index (χ4n) is 1.96. The molecule has 0 saturated carbocycles. The van der Waals surface area contributed by atoms with Crippen LogP contribution in [0.15, 0.2) is 34.5 Å². The van der Waals surface area contributed by atoms with Gasteiger partial charge < -0.3 is 5.73 Å². The van der Waals surface area contributed by atoms with E-state index in [1.54, 1.807) is 0 Å². The Hall–Kier alpha value is -1.48. The van der Waals surface area contributed by atoms with Crippen LogP contribution in [-0.2, 0) is 6.42 Å². The standard InChI is InChI=1S/C14H19N3/c15-10-2-1-4-12-6-8-13(9-7-12)14-5-3-11-16-17-14/h6-9,11H,1-5,10,15H2. The normalized spacial score (nSPS) is 14.8. The number of nitrogens with zero attached hydrogens (tertiary/aromatic N) is 2. The van der Waals surface area contributed by atoms with Gasteiger partial charge in [0, 0.05) is 6.21 Å². The summed E-state index contributed by atoms with van der Waals surface area (Å²) >= 11 is 0. The Morgan fingerprint density at radius 2 is 1.94 bits per heavy atom. The molecule has 1 aromatic carbocycles. The van der Waals surface area contributed by atoms with E-state index >= 15 is 0 Å². The maximum Gasteiger partial charge on any atom is 0.0706 e. The van der Waals surface area contributed by atoms with Gasteiger partial charge in [0.2, 0.25) is 0 Å². The largest absolute Gasteiger partial charge is 0.330 e. The lowest BCUT2D eigenvalue weighted by Crippen LogP contribution is -2.04. The van der Waals surface area contributed by atoms with Gasteiger partial charge in [-0.2, -0.15) is 10.2 Å². The van der Waals surface area contributed by atoms with E-state index in [9.17, 15) is 0 Å². The molecule has 0 atom stereocenters. The van der Waals surface area contributed by atoms with Crippen LogP contribution in [0.1, 0.15) is 36.8 Å². The fraction of sp³-hybridized carbons (Fsp3) is 0.429. The highest BCUT2D eigenvalue weighted by Crippen LogP contribution is 2.12. The number of rotatable bonds is 5. The second kappa shape index (κ2) is 6.30. The Kier molecular flexibility index (Phi) is 4.45. The quantitative estimate of drug-likeness (QED) is 0.775. The highest BCUT2D eigenvalue weighted by Gasteiger charge is 2.05. The molecule has 17 heavy (non-hydrogen) atoms. The van der Waals surface area contributed by atoms with E-state index in [1.165, 1.54) is 17.5 Å². The molecule has 3 heteroatoms. The summed E-state index contributed by atoms with van der Waals surface area (Å²) in [6, 6.07) is 8.67. The SMILES string of the molecule is NCCCCc1ccc(C2=NN=CCC2)cc1. The number of hydrogen-bond donors (Lipinski definition) is 1. The Bertz CT molecular complexity index is 404. The van der Waals surface area contributed by atoms with Gasteiger partial charge in [0.1, 0.15) is 0 Å². The van der Waals surface area contributed by atoms with Gasteiger partial charge in [-0.05, 0) is 49.8 Å². The zero-order valence-corrected chi connectivity index (χ0v) is 10.1. The van der Waals surface area contributed by atoms with Crippen LogP contribution in [0.5, 0.6) is 0 Å². The van der Waals surface area contributed by atoms with Crippen LogP contribution in [0.4, 0.5) is 0 Å². The van der Waals surface area contributed by atoms with Gasteiger partial charge in [-0.1, -0.05) is 24.3 Å². The first kappa shape index (κ1) is 12.0. The molecule has 0 unspecified atom stereocenters. The molecule has 1 aromatic rings. The zero-order valence-electron chi connectivity index (χ0n) is 10.1. The van der Waals surface area contributed by atoms with Crippen LogP contribution in [0.3, 0.4) is 0 Å². The first-order valence-corrected chi connectivity index (χ1v) is 6.28. The summed E-state index contributed by atoms with van der Waals surface area (Å²) in [7, 11) is 0. The summed E-state index contributed by atoms with van der Waals surface area (Å²) in [5, 5.41) is 8.14. The lowest BCUT2D eigenvalue weighted by molar-refractivity contribution is 0.745. The van der Waals surface area contributed by atoms with E-state index in [4.69, 9.17) is 5.73 Å². The lowest BCUT2D eigenvalue weighted by atomic mass is 10.0. The molecule has 0 amide bonds. The van der Waals surface area contributed by atoms with Crippen LogP contribution in [0.2, 0.25) is 0 Å². The van der Waals surface area contributed by atoms with Crippen LogP contribution >= 0.6 is 0 Å². The minimum absolute atomic E-state index is 0.785. The average Bonchev–Trinajstić information content (AvgIpc) is 2.41. The summed E-state index contributed by atoms with van der Waals surface area (Å²) in [6.45, 7) is 0.785. The predicted octanol–water partition coefficient (Wildman–Crippen LogP) is 2.54. The van der Waals surface area contributed by atoms with Gasteiger partial charge in [-0.15, -0.1) is 0 Å². The predicted molar refractivity (Wildman–Crippen MR) is 72.7 cm³/mol. The summed E-state index contributed by atoms with van der Waals surface area (Å²) in [4.78, 5) is 0. The van der Waals surface area contributed by atoms with Crippen LogP contribution < -0.4 is 5.73 Å². The van der Waals surface area contributed by atoms with E-state index in [-0.39, 0.29) is 0 Å². The topological polar surface area (TPSA) is 50.7 Å². The minimum atomic E-state index is 0.785. The van der Waals surface area contributed by atoms with Crippen LogP contribution in [-0.4, -0.2) is 18.5 Å². The second-order valence-electron chi connectivity index (χ2n) is 4.33. The van der Waals surface area contributed by atoms with Gasteiger partial charge in [0.05, 0.1) is 5.71 Å². The maximum atomic E-state index is 5.49. The highest BCUT2D eigenvalue weighted by atomic mass is 15.2. The zero-order chi connectivity index (χ0) is 11.9. The first-order valence-electron chi connectivity index (χ1n) is 6.28. The molecule has 0 bridgehead atoms. The Morgan fingerprint density at radius 1 is 1.12 bits per heavy atom. The van der Waals surface area contributed by atoms with Crippen LogP contribution in [0.25, 0.3) is 0 Å². The molecule has 3 nitrogen and oxygen atoms in total. The van der Waals surface area contributed by atoms with Crippen molar-refractivity contribution in [3.8, 4) is 0 Å². The van der Waals surface area contributed by atoms with Crippen molar-refractivity contribution in [2.45, 2.75) is 32.1 Å². The molecular formula is C14H19N3. The van der Waals surface area contributed by atoms with Crippen molar-refractivity contribution >= 4 is 11.9 Å². The van der Waals surface area contributed by atoms with Gasteiger partial charge in [-0.25, -0.2) is 0 Å². The summed E-state index contributed by atoms with van der Waals surface area (Å²) in [5.41, 5.74) is 9.16. The van der Waals surface area contributed by atoms with Crippen molar-refractivity contribution in [2.75, 3.05) is 6.54 Å². The van der Waals surface area contributed by atoms with Crippen molar-refractivity contribution < 1.29 is 0 Å².